The van der Waals surface area contributed by atoms with Gasteiger partial charge < -0.3 is 10.6 Å². The molecule has 0 radical (unpaired) electrons. The first-order chi connectivity index (χ1) is 15.4. The normalized spacial score (nSPS) is 17.0. The summed E-state index contributed by atoms with van der Waals surface area (Å²) in [6, 6.07) is 12.8. The van der Waals surface area contributed by atoms with Gasteiger partial charge in [0.2, 0.25) is 0 Å². The van der Waals surface area contributed by atoms with Crippen LogP contribution in [0.5, 0.6) is 0 Å². The lowest BCUT2D eigenvalue weighted by atomic mass is 10.1. The minimum atomic E-state index is 0.0872. The molecule has 1 unspecified atom stereocenters. The summed E-state index contributed by atoms with van der Waals surface area (Å²) in [6.07, 6.45) is 1.98. The van der Waals surface area contributed by atoms with Crippen molar-refractivity contribution in [3.8, 4) is 17.1 Å². The Labute approximate surface area is 202 Å². The Morgan fingerprint density at radius 2 is 1.84 bits per heavy atom. The van der Waals surface area contributed by atoms with E-state index in [1.165, 1.54) is 0 Å². The van der Waals surface area contributed by atoms with Crippen LogP contribution in [0.4, 0.5) is 5.82 Å². The molecule has 0 spiro atoms. The lowest BCUT2D eigenvalue weighted by Gasteiger charge is -2.32. The van der Waals surface area contributed by atoms with E-state index >= 15 is 0 Å². The van der Waals surface area contributed by atoms with Crippen molar-refractivity contribution in [2.24, 2.45) is 15.7 Å². The molecule has 6 nitrogen and oxygen atoms in total. The molecule has 2 N–H and O–H groups in total. The summed E-state index contributed by atoms with van der Waals surface area (Å²) in [5, 5.41) is 1.66. The summed E-state index contributed by atoms with van der Waals surface area (Å²) in [6.45, 7) is 5.38. The number of benzene rings is 2. The molecule has 2 heterocycles. The number of rotatable bonds is 4. The second-order valence-electron chi connectivity index (χ2n) is 7.60. The van der Waals surface area contributed by atoms with Crippen molar-refractivity contribution in [2.75, 3.05) is 20.1 Å². The number of piperidine rings is 1. The summed E-state index contributed by atoms with van der Waals surface area (Å²) in [7, 11) is 1.75. The van der Waals surface area contributed by atoms with Gasteiger partial charge in [-0.15, -0.1) is 0 Å². The van der Waals surface area contributed by atoms with Gasteiger partial charge in [0.25, 0.3) is 0 Å². The maximum Gasteiger partial charge on any atom is 0.168 e. The number of aromatic nitrogens is 2. The number of aliphatic imine (C=N–C) groups is 2. The first-order valence-electron chi connectivity index (χ1n) is 10.2. The zero-order valence-corrected chi connectivity index (χ0v) is 19.9. The van der Waals surface area contributed by atoms with Crippen LogP contribution in [0.15, 0.2) is 52.4 Å². The highest BCUT2D eigenvalue weighted by Crippen LogP contribution is 2.37. The lowest BCUT2D eigenvalue weighted by Crippen LogP contribution is -2.46. The molecule has 0 saturated carbocycles. The number of nitrogens with two attached hydrogens (primary N) is 1. The minimum Gasteiger partial charge on any atom is -0.353 e. The van der Waals surface area contributed by atoms with Gasteiger partial charge >= 0.3 is 0 Å². The molecular weight excluding hydrogens is 467 g/mol. The van der Waals surface area contributed by atoms with E-state index in [1.54, 1.807) is 19.2 Å². The zero-order chi connectivity index (χ0) is 22.8. The van der Waals surface area contributed by atoms with Gasteiger partial charge in [0, 0.05) is 47.5 Å². The van der Waals surface area contributed by atoms with E-state index < -0.39 is 0 Å². The van der Waals surface area contributed by atoms with Crippen molar-refractivity contribution in [1.82, 2.24) is 14.5 Å². The molecule has 0 aliphatic carbocycles. The van der Waals surface area contributed by atoms with Gasteiger partial charge in [0.05, 0.1) is 5.02 Å². The molecule has 2 aromatic carbocycles. The van der Waals surface area contributed by atoms with E-state index in [2.05, 4.69) is 21.6 Å². The Kier molecular flexibility index (Phi) is 6.86. The van der Waals surface area contributed by atoms with Crippen molar-refractivity contribution in [3.05, 3.63) is 63.2 Å². The molecule has 1 fully saturated rings. The standard InChI is InChI=1S/C23H23Cl3N6/c1-28-22(31-11-3-4-16(27)13-31)20-23(29-2)32(17-8-5-14(24)6-9-17)21(30-20)18-10-7-15(25)12-19(18)26/h5-10,12,16H,2-4,11,13,27H2,1H3/b28-22+. The number of halogens is 3. The fraction of sp³-hybridized carbons (Fsp3) is 0.261. The SMILES string of the molecule is C=Nc1c(/C(=N\C)N2CCCC(N)C2)nc(-c2ccc(Cl)cc2Cl)n1-c1ccc(Cl)cc1. The lowest BCUT2D eigenvalue weighted by molar-refractivity contribution is 0.309. The predicted octanol–water partition coefficient (Wildman–Crippen LogP) is 5.63. The van der Waals surface area contributed by atoms with Gasteiger partial charge in [-0.25, -0.2) is 9.98 Å². The van der Waals surface area contributed by atoms with Gasteiger partial charge in [0.15, 0.2) is 17.3 Å². The average molecular weight is 490 g/mol. The molecule has 0 bridgehead atoms. The molecule has 0 amide bonds. The Bertz CT molecular complexity index is 1170. The summed E-state index contributed by atoms with van der Waals surface area (Å²) >= 11 is 18.8. The van der Waals surface area contributed by atoms with Crippen LogP contribution in [-0.2, 0) is 0 Å². The van der Waals surface area contributed by atoms with Crippen LogP contribution in [0.1, 0.15) is 18.5 Å². The topological polar surface area (TPSA) is 71.8 Å². The number of nitrogens with zero attached hydrogens (tertiary/aromatic N) is 5. The van der Waals surface area contributed by atoms with Gasteiger partial charge in [-0.3, -0.25) is 9.56 Å². The molecule has 3 aromatic rings. The highest BCUT2D eigenvalue weighted by atomic mass is 35.5. The van der Waals surface area contributed by atoms with Crippen molar-refractivity contribution in [2.45, 2.75) is 18.9 Å². The first-order valence-corrected chi connectivity index (χ1v) is 11.3. The summed E-state index contributed by atoms with van der Waals surface area (Å²) < 4.78 is 1.91. The van der Waals surface area contributed by atoms with E-state index in [-0.39, 0.29) is 6.04 Å². The van der Waals surface area contributed by atoms with E-state index in [0.29, 0.717) is 44.5 Å². The highest BCUT2D eigenvalue weighted by Gasteiger charge is 2.28. The van der Waals surface area contributed by atoms with Crippen LogP contribution in [0.2, 0.25) is 15.1 Å². The van der Waals surface area contributed by atoms with Crippen LogP contribution >= 0.6 is 34.8 Å². The molecule has 32 heavy (non-hydrogen) atoms. The third kappa shape index (κ3) is 4.41. The number of amidine groups is 1. The fourth-order valence-corrected chi connectivity index (χ4v) is 4.61. The zero-order valence-electron chi connectivity index (χ0n) is 17.6. The van der Waals surface area contributed by atoms with E-state index in [4.69, 9.17) is 45.5 Å². The first kappa shape index (κ1) is 22.8. The van der Waals surface area contributed by atoms with Crippen molar-refractivity contribution < 1.29 is 0 Å². The average Bonchev–Trinajstić information content (AvgIpc) is 3.14. The Morgan fingerprint density at radius 1 is 1.12 bits per heavy atom. The fourth-order valence-electron chi connectivity index (χ4n) is 3.99. The van der Waals surface area contributed by atoms with Crippen LogP contribution in [0, 0.1) is 0 Å². The smallest absolute Gasteiger partial charge is 0.168 e. The second-order valence-corrected chi connectivity index (χ2v) is 8.88. The largest absolute Gasteiger partial charge is 0.353 e. The van der Waals surface area contributed by atoms with Crippen LogP contribution in [0.25, 0.3) is 17.1 Å². The molecule has 9 heteroatoms. The third-order valence-corrected chi connectivity index (χ3v) is 6.24. The molecule has 4 rings (SSSR count). The molecule has 166 valence electrons. The summed E-state index contributed by atoms with van der Waals surface area (Å²) in [5.41, 5.74) is 8.39. The van der Waals surface area contributed by atoms with Gasteiger partial charge in [-0.2, -0.15) is 0 Å². The van der Waals surface area contributed by atoms with Crippen LogP contribution in [0.3, 0.4) is 0 Å². The molecular formula is C23H23Cl3N6. The molecule has 1 aliphatic heterocycles. The predicted molar refractivity (Wildman–Crippen MR) is 134 cm³/mol. The van der Waals surface area contributed by atoms with Gasteiger partial charge in [0.1, 0.15) is 5.82 Å². The van der Waals surface area contributed by atoms with Gasteiger partial charge in [-0.05, 0) is 62.0 Å². The number of hydrogen-bond acceptors (Lipinski definition) is 4. The van der Waals surface area contributed by atoms with Crippen molar-refractivity contribution in [1.29, 1.82) is 0 Å². The molecule has 1 saturated heterocycles. The van der Waals surface area contributed by atoms with Crippen LogP contribution in [-0.4, -0.2) is 53.2 Å². The van der Waals surface area contributed by atoms with E-state index in [9.17, 15) is 0 Å². The van der Waals surface area contributed by atoms with E-state index in [0.717, 1.165) is 30.9 Å². The quantitative estimate of drug-likeness (QED) is 0.381. The molecule has 1 aliphatic rings. The minimum absolute atomic E-state index is 0.0872. The Hall–Kier alpha value is -2.38. The summed E-state index contributed by atoms with van der Waals surface area (Å²) in [5.74, 6) is 1.89. The molecule has 1 aromatic heterocycles. The molecule has 1 atom stereocenters. The maximum atomic E-state index is 6.57. The van der Waals surface area contributed by atoms with Crippen molar-refractivity contribution >= 4 is 53.2 Å². The third-order valence-electron chi connectivity index (χ3n) is 5.44. The number of likely N-dealkylation sites (tertiary alicyclic amines) is 1. The highest BCUT2D eigenvalue weighted by molar-refractivity contribution is 6.36. The van der Waals surface area contributed by atoms with Crippen LogP contribution < -0.4 is 5.73 Å². The maximum absolute atomic E-state index is 6.57. The van der Waals surface area contributed by atoms with Gasteiger partial charge in [-0.1, -0.05) is 34.8 Å². The number of imidazole rings is 1. The van der Waals surface area contributed by atoms with E-state index in [1.807, 2.05) is 34.9 Å². The van der Waals surface area contributed by atoms with Crippen molar-refractivity contribution in [3.63, 3.8) is 0 Å². The number of hydrogen-bond donors (Lipinski definition) is 1. The monoisotopic (exact) mass is 488 g/mol. The Morgan fingerprint density at radius 3 is 2.47 bits per heavy atom. The Balaban J connectivity index is 1.95. The second kappa shape index (κ2) is 9.63. The summed E-state index contributed by atoms with van der Waals surface area (Å²) in [4.78, 5) is 16.0.